The molecule has 3 N–H and O–H groups in total. The highest BCUT2D eigenvalue weighted by molar-refractivity contribution is 5.85. The van der Waals surface area contributed by atoms with Crippen LogP contribution in [0.4, 0.5) is 5.69 Å². The van der Waals surface area contributed by atoms with Gasteiger partial charge in [-0.25, -0.2) is 0 Å². The maximum Gasteiger partial charge on any atom is 0.144 e. The summed E-state index contributed by atoms with van der Waals surface area (Å²) in [7, 11) is 0. The third kappa shape index (κ3) is 4.76. The average Bonchev–Trinajstić information content (AvgIpc) is 2.47. The number of hydrogen-bond acceptors (Lipinski definition) is 3. The van der Waals surface area contributed by atoms with E-state index in [4.69, 9.17) is 10.9 Å². The molecule has 1 rings (SSSR count). The first-order valence-electron chi connectivity index (χ1n) is 7.29. The van der Waals surface area contributed by atoms with Crippen LogP contribution >= 0.6 is 0 Å². The number of unbranched alkanes of at least 4 members (excludes halogenated alkanes) is 1. The summed E-state index contributed by atoms with van der Waals surface area (Å²) in [6.45, 7) is 8.24. The molecule has 0 radical (unpaired) electrons. The molecule has 4 heteroatoms. The van der Waals surface area contributed by atoms with Crippen molar-refractivity contribution in [3.8, 4) is 0 Å². The van der Waals surface area contributed by atoms with E-state index in [0.717, 1.165) is 32.4 Å². The Kier molecular flexibility index (Phi) is 6.36. The predicted octanol–water partition coefficient (Wildman–Crippen LogP) is 3.46. The summed E-state index contributed by atoms with van der Waals surface area (Å²) in [6, 6.07) is 10.5. The van der Waals surface area contributed by atoms with Crippen LogP contribution in [0.15, 0.2) is 35.5 Å². The van der Waals surface area contributed by atoms with Crippen LogP contribution < -0.4 is 10.6 Å². The van der Waals surface area contributed by atoms with Gasteiger partial charge in [0.05, 0.1) is 0 Å². The summed E-state index contributed by atoms with van der Waals surface area (Å²) in [5, 5.41) is 11.9. The zero-order chi connectivity index (χ0) is 15.0. The second-order valence-electron chi connectivity index (χ2n) is 5.74. The minimum Gasteiger partial charge on any atom is -0.409 e. The minimum atomic E-state index is -0.238. The molecule has 0 bridgehead atoms. The van der Waals surface area contributed by atoms with Crippen molar-refractivity contribution in [1.29, 1.82) is 0 Å². The van der Waals surface area contributed by atoms with Crippen molar-refractivity contribution >= 4 is 11.5 Å². The highest BCUT2D eigenvalue weighted by Gasteiger charge is 2.22. The van der Waals surface area contributed by atoms with Crippen LogP contribution in [0.1, 0.15) is 40.0 Å². The lowest BCUT2D eigenvalue weighted by Gasteiger charge is -2.25. The Morgan fingerprint density at radius 2 is 1.90 bits per heavy atom. The standard InChI is InChI=1S/C16H27N3O/c1-4-19(14-10-6-5-7-11-14)13-9-8-12-16(2,3)15(17)18-20/h5-7,10-11,20H,4,8-9,12-13H2,1-3H3,(H2,17,18). The van der Waals surface area contributed by atoms with Crippen molar-refractivity contribution in [3.05, 3.63) is 30.3 Å². The van der Waals surface area contributed by atoms with E-state index in [1.165, 1.54) is 5.69 Å². The third-order valence-corrected chi connectivity index (χ3v) is 3.78. The smallest absolute Gasteiger partial charge is 0.144 e. The molecule has 0 atom stereocenters. The van der Waals surface area contributed by atoms with Gasteiger partial charge in [-0.3, -0.25) is 0 Å². The fourth-order valence-corrected chi connectivity index (χ4v) is 2.24. The first-order valence-corrected chi connectivity index (χ1v) is 7.29. The number of para-hydroxylation sites is 1. The van der Waals surface area contributed by atoms with Crippen LogP contribution in [0.25, 0.3) is 0 Å². The van der Waals surface area contributed by atoms with Crippen LogP contribution in [0.5, 0.6) is 0 Å². The molecule has 0 heterocycles. The number of nitrogens with two attached hydrogens (primary N) is 1. The van der Waals surface area contributed by atoms with Crippen LogP contribution in [-0.4, -0.2) is 24.1 Å². The van der Waals surface area contributed by atoms with E-state index in [2.05, 4.69) is 41.2 Å². The number of rotatable bonds is 8. The van der Waals surface area contributed by atoms with E-state index >= 15 is 0 Å². The Balaban J connectivity index is 2.40. The molecule has 0 aliphatic carbocycles. The summed E-state index contributed by atoms with van der Waals surface area (Å²) >= 11 is 0. The van der Waals surface area contributed by atoms with Crippen LogP contribution in [-0.2, 0) is 0 Å². The summed E-state index contributed by atoms with van der Waals surface area (Å²) in [4.78, 5) is 2.37. The summed E-state index contributed by atoms with van der Waals surface area (Å²) in [6.07, 6.45) is 3.09. The van der Waals surface area contributed by atoms with Gasteiger partial charge in [-0.15, -0.1) is 0 Å². The molecule has 112 valence electrons. The Labute approximate surface area is 122 Å². The van der Waals surface area contributed by atoms with Gasteiger partial charge in [-0.2, -0.15) is 0 Å². The Hall–Kier alpha value is -1.71. The molecule has 1 aromatic carbocycles. The molecule has 0 unspecified atom stereocenters. The monoisotopic (exact) mass is 277 g/mol. The highest BCUT2D eigenvalue weighted by atomic mass is 16.4. The summed E-state index contributed by atoms with van der Waals surface area (Å²) in [5.41, 5.74) is 6.73. The highest BCUT2D eigenvalue weighted by Crippen LogP contribution is 2.24. The second kappa shape index (κ2) is 7.78. The van der Waals surface area contributed by atoms with Gasteiger partial charge < -0.3 is 15.8 Å². The Morgan fingerprint density at radius 1 is 1.25 bits per heavy atom. The van der Waals surface area contributed by atoms with Gasteiger partial charge in [0.1, 0.15) is 5.84 Å². The lowest BCUT2D eigenvalue weighted by molar-refractivity contribution is 0.304. The van der Waals surface area contributed by atoms with E-state index in [-0.39, 0.29) is 5.41 Å². The fourth-order valence-electron chi connectivity index (χ4n) is 2.24. The molecular formula is C16H27N3O. The normalized spacial score (nSPS) is 12.4. The molecule has 0 aliphatic heterocycles. The van der Waals surface area contributed by atoms with Crippen LogP contribution in [0.2, 0.25) is 0 Å². The van der Waals surface area contributed by atoms with Crippen LogP contribution in [0, 0.1) is 5.41 Å². The number of oxime groups is 1. The van der Waals surface area contributed by atoms with E-state index in [1.54, 1.807) is 0 Å². The lowest BCUT2D eigenvalue weighted by atomic mass is 9.86. The van der Waals surface area contributed by atoms with E-state index in [9.17, 15) is 0 Å². The van der Waals surface area contributed by atoms with E-state index < -0.39 is 0 Å². The van der Waals surface area contributed by atoms with Gasteiger partial charge in [0.2, 0.25) is 0 Å². The van der Waals surface area contributed by atoms with Crippen molar-refractivity contribution in [3.63, 3.8) is 0 Å². The molecule has 0 aliphatic rings. The zero-order valence-corrected chi connectivity index (χ0v) is 12.8. The third-order valence-electron chi connectivity index (χ3n) is 3.78. The molecule has 0 fully saturated rings. The first-order chi connectivity index (χ1) is 9.51. The molecule has 0 saturated heterocycles. The summed E-state index contributed by atoms with van der Waals surface area (Å²) < 4.78 is 0. The molecule has 0 saturated carbocycles. The number of hydrogen-bond donors (Lipinski definition) is 2. The van der Waals surface area contributed by atoms with Crippen molar-refractivity contribution < 1.29 is 5.21 Å². The van der Waals surface area contributed by atoms with Crippen molar-refractivity contribution in [2.75, 3.05) is 18.0 Å². The number of benzene rings is 1. The topological polar surface area (TPSA) is 61.8 Å². The molecule has 0 amide bonds. The van der Waals surface area contributed by atoms with Gasteiger partial charge in [0.15, 0.2) is 0 Å². The molecule has 20 heavy (non-hydrogen) atoms. The lowest BCUT2D eigenvalue weighted by Crippen LogP contribution is -2.32. The average molecular weight is 277 g/mol. The van der Waals surface area contributed by atoms with E-state index in [0.29, 0.717) is 5.84 Å². The predicted molar refractivity (Wildman–Crippen MR) is 85.4 cm³/mol. The quantitative estimate of drug-likeness (QED) is 0.251. The van der Waals surface area contributed by atoms with Crippen molar-refractivity contribution in [2.24, 2.45) is 16.3 Å². The number of anilines is 1. The summed E-state index contributed by atoms with van der Waals surface area (Å²) in [5.74, 6) is 0.313. The molecule has 4 nitrogen and oxygen atoms in total. The molecular weight excluding hydrogens is 250 g/mol. The Bertz CT molecular complexity index is 415. The number of amidine groups is 1. The van der Waals surface area contributed by atoms with Gasteiger partial charge >= 0.3 is 0 Å². The largest absolute Gasteiger partial charge is 0.409 e. The molecule has 0 aromatic heterocycles. The van der Waals surface area contributed by atoms with Crippen molar-refractivity contribution in [2.45, 2.75) is 40.0 Å². The fraction of sp³-hybridized carbons (Fsp3) is 0.562. The van der Waals surface area contributed by atoms with Gasteiger partial charge in [0, 0.05) is 24.2 Å². The maximum absolute atomic E-state index is 8.76. The second-order valence-corrected chi connectivity index (χ2v) is 5.74. The maximum atomic E-state index is 8.76. The minimum absolute atomic E-state index is 0.238. The van der Waals surface area contributed by atoms with Crippen molar-refractivity contribution in [1.82, 2.24) is 0 Å². The first kappa shape index (κ1) is 16.3. The van der Waals surface area contributed by atoms with E-state index in [1.807, 2.05) is 19.9 Å². The molecule has 1 aromatic rings. The van der Waals surface area contributed by atoms with Gasteiger partial charge in [-0.05, 0) is 31.9 Å². The number of nitrogens with zero attached hydrogens (tertiary/aromatic N) is 2. The zero-order valence-electron chi connectivity index (χ0n) is 12.8. The molecule has 0 spiro atoms. The van der Waals surface area contributed by atoms with Gasteiger partial charge in [-0.1, -0.05) is 43.6 Å². The van der Waals surface area contributed by atoms with Gasteiger partial charge in [0.25, 0.3) is 0 Å². The SMILES string of the molecule is CCN(CCCCC(C)(C)/C(N)=N/O)c1ccccc1. The van der Waals surface area contributed by atoms with Crippen LogP contribution in [0.3, 0.4) is 0 Å². The Morgan fingerprint density at radius 3 is 2.45 bits per heavy atom.